The Kier molecular flexibility index (Phi) is 4.25. The maximum absolute atomic E-state index is 13.2. The first-order valence-corrected chi connectivity index (χ1v) is 8.82. The monoisotopic (exact) mass is 353 g/mol. The molecule has 0 saturated heterocycles. The van der Waals surface area contributed by atoms with Gasteiger partial charge < -0.3 is 5.32 Å². The molecule has 0 radical (unpaired) electrons. The minimum Gasteiger partial charge on any atom is -0.305 e. The van der Waals surface area contributed by atoms with Crippen LogP contribution in [0.1, 0.15) is 23.4 Å². The number of tetrazole rings is 1. The topological polar surface area (TPSA) is 55.1 Å². The van der Waals surface area contributed by atoms with Gasteiger partial charge in [0, 0.05) is 34.8 Å². The van der Waals surface area contributed by atoms with Crippen molar-refractivity contribution in [2.45, 2.75) is 19.5 Å². The highest BCUT2D eigenvalue weighted by molar-refractivity contribution is 7.10. The summed E-state index contributed by atoms with van der Waals surface area (Å²) in [5.41, 5.74) is 3.58. The summed E-state index contributed by atoms with van der Waals surface area (Å²) < 4.78 is 14.8. The van der Waals surface area contributed by atoms with Crippen LogP contribution in [0.4, 0.5) is 4.39 Å². The average Bonchev–Trinajstić information content (AvgIpc) is 3.31. The van der Waals surface area contributed by atoms with Crippen molar-refractivity contribution in [2.24, 2.45) is 0 Å². The van der Waals surface area contributed by atoms with Crippen molar-refractivity contribution in [1.82, 2.24) is 25.4 Å². The number of nitrogens with zero attached hydrogens (tertiary/aromatic N) is 4. The van der Waals surface area contributed by atoms with Gasteiger partial charge in [0.15, 0.2) is 5.65 Å². The van der Waals surface area contributed by atoms with Crippen molar-refractivity contribution in [2.75, 3.05) is 0 Å². The number of aromatic nitrogens is 4. The Morgan fingerprint density at radius 2 is 2.04 bits per heavy atom. The number of pyridine rings is 1. The van der Waals surface area contributed by atoms with E-state index in [0.717, 1.165) is 22.3 Å². The van der Waals surface area contributed by atoms with Crippen molar-refractivity contribution in [3.8, 4) is 11.1 Å². The van der Waals surface area contributed by atoms with E-state index in [0.29, 0.717) is 6.54 Å². The maximum atomic E-state index is 13.2. The summed E-state index contributed by atoms with van der Waals surface area (Å²) in [6.07, 6.45) is 1.86. The predicted molar refractivity (Wildman–Crippen MR) is 95.7 cm³/mol. The average molecular weight is 353 g/mol. The third-order valence-corrected chi connectivity index (χ3v) is 5.17. The summed E-state index contributed by atoms with van der Waals surface area (Å²) >= 11 is 1.73. The molecule has 0 spiro atoms. The molecule has 0 saturated carbocycles. The highest BCUT2D eigenvalue weighted by atomic mass is 32.1. The summed E-state index contributed by atoms with van der Waals surface area (Å²) in [6.45, 7) is 2.77. The van der Waals surface area contributed by atoms with Crippen LogP contribution in [-0.4, -0.2) is 20.0 Å². The first-order chi connectivity index (χ1) is 12.2. The number of benzene rings is 1. The Labute approximate surface area is 148 Å². The molecule has 1 atom stereocenters. The molecule has 3 aromatic heterocycles. The smallest absolute Gasteiger partial charge is 0.183 e. The van der Waals surface area contributed by atoms with Crippen LogP contribution in [0.25, 0.3) is 16.8 Å². The third-order valence-electron chi connectivity index (χ3n) is 4.12. The van der Waals surface area contributed by atoms with Crippen LogP contribution in [0.2, 0.25) is 0 Å². The highest BCUT2D eigenvalue weighted by Gasteiger charge is 2.12. The lowest BCUT2D eigenvalue weighted by molar-refractivity contribution is 0.583. The zero-order chi connectivity index (χ0) is 17.2. The molecule has 126 valence electrons. The molecule has 0 unspecified atom stereocenters. The van der Waals surface area contributed by atoms with Crippen LogP contribution in [0.15, 0.2) is 54.0 Å². The van der Waals surface area contributed by atoms with Gasteiger partial charge >= 0.3 is 0 Å². The van der Waals surface area contributed by atoms with Crippen LogP contribution >= 0.6 is 11.3 Å². The molecular formula is C18H16FN5S. The second kappa shape index (κ2) is 6.70. The number of fused-ring (bicyclic) bond motifs is 1. The van der Waals surface area contributed by atoms with Crippen LogP contribution in [0, 0.1) is 5.82 Å². The molecule has 0 amide bonds. The molecule has 1 aromatic carbocycles. The quantitative estimate of drug-likeness (QED) is 0.592. The van der Waals surface area contributed by atoms with Gasteiger partial charge in [0.2, 0.25) is 0 Å². The Hall–Kier alpha value is -2.64. The fourth-order valence-electron chi connectivity index (χ4n) is 2.74. The number of thiophene rings is 1. The van der Waals surface area contributed by atoms with Crippen LogP contribution in [-0.2, 0) is 6.54 Å². The SMILES string of the molecule is C[C@H](NCc1cc(-c2ccc(F)cc2)cn2nnnc12)c1cccs1. The normalized spacial score (nSPS) is 12.6. The lowest BCUT2D eigenvalue weighted by Gasteiger charge is -2.13. The number of hydrogen-bond acceptors (Lipinski definition) is 5. The molecule has 0 aliphatic carbocycles. The van der Waals surface area contributed by atoms with Crippen molar-refractivity contribution in [3.63, 3.8) is 0 Å². The third kappa shape index (κ3) is 3.29. The van der Waals surface area contributed by atoms with E-state index in [1.54, 1.807) is 28.0 Å². The van der Waals surface area contributed by atoms with Crippen molar-refractivity contribution in [1.29, 1.82) is 0 Å². The Morgan fingerprint density at radius 3 is 2.80 bits per heavy atom. The fraction of sp³-hybridized carbons (Fsp3) is 0.167. The number of halogens is 1. The molecule has 0 fully saturated rings. The first-order valence-electron chi connectivity index (χ1n) is 7.94. The molecular weight excluding hydrogens is 337 g/mol. The second-order valence-electron chi connectivity index (χ2n) is 5.83. The van der Waals surface area contributed by atoms with Gasteiger partial charge in [0.25, 0.3) is 0 Å². The van der Waals surface area contributed by atoms with Crippen LogP contribution < -0.4 is 5.32 Å². The zero-order valence-corrected chi connectivity index (χ0v) is 14.4. The van der Waals surface area contributed by atoms with Gasteiger partial charge in [-0.05, 0) is 52.6 Å². The largest absolute Gasteiger partial charge is 0.305 e. The summed E-state index contributed by atoms with van der Waals surface area (Å²) in [4.78, 5) is 1.28. The number of hydrogen-bond donors (Lipinski definition) is 1. The van der Waals surface area contributed by atoms with Gasteiger partial charge in [-0.2, -0.15) is 4.52 Å². The van der Waals surface area contributed by atoms with Gasteiger partial charge in [-0.3, -0.25) is 0 Å². The Balaban J connectivity index is 1.65. The van der Waals surface area contributed by atoms with Crippen molar-refractivity contribution < 1.29 is 4.39 Å². The van der Waals surface area contributed by atoms with Crippen LogP contribution in [0.3, 0.4) is 0 Å². The summed E-state index contributed by atoms with van der Waals surface area (Å²) in [7, 11) is 0. The summed E-state index contributed by atoms with van der Waals surface area (Å²) in [6, 6.07) is 12.9. The van der Waals surface area contributed by atoms with E-state index in [-0.39, 0.29) is 11.9 Å². The lowest BCUT2D eigenvalue weighted by atomic mass is 10.1. The fourth-order valence-corrected chi connectivity index (χ4v) is 3.50. The van der Waals surface area contributed by atoms with E-state index in [9.17, 15) is 4.39 Å². The summed E-state index contributed by atoms with van der Waals surface area (Å²) in [5.74, 6) is -0.251. The highest BCUT2D eigenvalue weighted by Crippen LogP contribution is 2.24. The van der Waals surface area contributed by atoms with E-state index in [4.69, 9.17) is 0 Å². The van der Waals surface area contributed by atoms with Gasteiger partial charge in [-0.15, -0.1) is 16.4 Å². The first kappa shape index (κ1) is 15.9. The summed E-state index contributed by atoms with van der Waals surface area (Å²) in [5, 5.41) is 17.5. The van der Waals surface area contributed by atoms with Crippen molar-refractivity contribution in [3.05, 3.63) is 70.3 Å². The second-order valence-corrected chi connectivity index (χ2v) is 6.81. The minimum atomic E-state index is -0.251. The van der Waals surface area contributed by atoms with Crippen molar-refractivity contribution >= 4 is 17.0 Å². The van der Waals surface area contributed by atoms with E-state index >= 15 is 0 Å². The number of rotatable bonds is 5. The molecule has 1 N–H and O–H groups in total. The molecule has 0 aliphatic rings. The van der Waals surface area contributed by atoms with Gasteiger partial charge in [0.1, 0.15) is 5.82 Å². The molecule has 7 heteroatoms. The van der Waals surface area contributed by atoms with Gasteiger partial charge in [0.05, 0.1) is 0 Å². The molecule has 0 aliphatic heterocycles. The zero-order valence-electron chi connectivity index (χ0n) is 13.6. The molecule has 3 heterocycles. The Morgan fingerprint density at radius 1 is 1.20 bits per heavy atom. The number of nitrogens with one attached hydrogen (secondary N) is 1. The molecule has 5 nitrogen and oxygen atoms in total. The van der Waals surface area contributed by atoms with E-state index in [2.05, 4.69) is 39.2 Å². The van der Waals surface area contributed by atoms with Crippen LogP contribution in [0.5, 0.6) is 0 Å². The molecule has 25 heavy (non-hydrogen) atoms. The Bertz CT molecular complexity index is 979. The molecule has 4 aromatic rings. The van der Waals surface area contributed by atoms with Gasteiger partial charge in [-0.1, -0.05) is 18.2 Å². The van der Waals surface area contributed by atoms with Gasteiger partial charge in [-0.25, -0.2) is 4.39 Å². The maximum Gasteiger partial charge on any atom is 0.183 e. The lowest BCUT2D eigenvalue weighted by Crippen LogP contribution is -2.18. The van der Waals surface area contributed by atoms with E-state index < -0.39 is 0 Å². The standard InChI is InChI=1S/C18H16FN5S/c1-12(17-3-2-8-25-17)20-10-14-9-15(11-24-18(14)21-22-23-24)13-4-6-16(19)7-5-13/h2-9,11-12,20H,10H2,1H3/t12-/m0/s1. The predicted octanol–water partition coefficient (Wildman–Crippen LogP) is 3.84. The molecule has 4 rings (SSSR count). The minimum absolute atomic E-state index is 0.241. The van der Waals surface area contributed by atoms with E-state index in [1.165, 1.54) is 17.0 Å². The molecule has 0 bridgehead atoms. The van der Waals surface area contributed by atoms with E-state index in [1.807, 2.05) is 18.3 Å².